The van der Waals surface area contributed by atoms with Crippen molar-refractivity contribution in [3.05, 3.63) is 57.8 Å². The molecule has 170 valence electrons. The van der Waals surface area contributed by atoms with Gasteiger partial charge in [-0.3, -0.25) is 9.59 Å². The summed E-state index contributed by atoms with van der Waals surface area (Å²) in [7, 11) is -0.946. The summed E-state index contributed by atoms with van der Waals surface area (Å²) < 4.78 is 35.0. The number of nitrogens with one attached hydrogen (secondary N) is 1. The number of hydrogen-bond donors (Lipinski definition) is 2. The van der Waals surface area contributed by atoms with Gasteiger partial charge in [0.2, 0.25) is 11.7 Å². The van der Waals surface area contributed by atoms with Crippen molar-refractivity contribution in [2.24, 2.45) is 0 Å². The SMILES string of the molecule is C/C=C/C(=O)N[C@H]1CCc2cc(OC)c(OC)c(O)c2-c2ccc(S(C)(=O)=O)c(=O)cc21. The second-order valence-electron chi connectivity index (χ2n) is 7.44. The first-order chi connectivity index (χ1) is 15.1. The zero-order valence-corrected chi connectivity index (χ0v) is 19.1. The van der Waals surface area contributed by atoms with Gasteiger partial charge in [-0.15, -0.1) is 0 Å². The summed E-state index contributed by atoms with van der Waals surface area (Å²) in [5.41, 5.74) is 1.25. The van der Waals surface area contributed by atoms with E-state index in [1.165, 1.54) is 38.5 Å². The molecule has 1 aliphatic rings. The molecule has 1 aliphatic carbocycles. The van der Waals surface area contributed by atoms with Crippen molar-refractivity contribution >= 4 is 15.7 Å². The van der Waals surface area contributed by atoms with Crippen LogP contribution in [0.3, 0.4) is 0 Å². The first-order valence-corrected chi connectivity index (χ1v) is 11.8. The van der Waals surface area contributed by atoms with Crippen molar-refractivity contribution in [1.29, 1.82) is 0 Å². The van der Waals surface area contributed by atoms with Crippen LogP contribution in [-0.4, -0.2) is 39.9 Å². The molecule has 0 bridgehead atoms. The first kappa shape index (κ1) is 23.3. The minimum Gasteiger partial charge on any atom is -0.504 e. The molecule has 0 fully saturated rings. The van der Waals surface area contributed by atoms with Crippen LogP contribution in [0.1, 0.15) is 30.5 Å². The topological polar surface area (TPSA) is 119 Å². The fourth-order valence-electron chi connectivity index (χ4n) is 3.95. The summed E-state index contributed by atoms with van der Waals surface area (Å²) in [4.78, 5) is 24.7. The molecule has 2 aromatic carbocycles. The Morgan fingerprint density at radius 3 is 2.53 bits per heavy atom. The molecule has 0 aliphatic heterocycles. The van der Waals surface area contributed by atoms with E-state index >= 15 is 0 Å². The monoisotopic (exact) mass is 459 g/mol. The highest BCUT2D eigenvalue weighted by atomic mass is 32.2. The Labute approximate surface area is 186 Å². The fraction of sp³-hybridized carbons (Fsp3) is 0.304. The van der Waals surface area contributed by atoms with Crippen molar-refractivity contribution < 1.29 is 27.8 Å². The lowest BCUT2D eigenvalue weighted by Crippen LogP contribution is -2.27. The molecule has 3 rings (SSSR count). The predicted molar refractivity (Wildman–Crippen MR) is 120 cm³/mol. The third-order valence-corrected chi connectivity index (χ3v) is 6.49. The van der Waals surface area contributed by atoms with E-state index in [-0.39, 0.29) is 22.3 Å². The molecule has 0 unspecified atom stereocenters. The van der Waals surface area contributed by atoms with Crippen LogP contribution in [0.5, 0.6) is 17.2 Å². The highest BCUT2D eigenvalue weighted by Gasteiger charge is 2.29. The molecular formula is C23H25NO7S. The number of fused-ring (bicyclic) bond motifs is 3. The van der Waals surface area contributed by atoms with Gasteiger partial charge < -0.3 is 19.9 Å². The molecule has 0 saturated heterocycles. The lowest BCUT2D eigenvalue weighted by molar-refractivity contribution is -0.117. The molecule has 2 N–H and O–H groups in total. The standard InChI is InChI=1S/C23H25NO7S/c1-5-6-20(26)24-16-9-7-13-11-18(30-2)23(31-3)22(27)21(13)14-8-10-19(32(4,28)29)17(25)12-15(14)16/h5-6,8,10-12,16,27H,7,9H2,1-4H3,(H,24,26)/b6-5+/t16-/m0/s1. The predicted octanol–water partition coefficient (Wildman–Crippen LogP) is 2.52. The minimum atomic E-state index is -3.79. The Hall–Kier alpha value is -3.33. The van der Waals surface area contributed by atoms with Crippen LogP contribution < -0.4 is 20.2 Å². The smallest absolute Gasteiger partial charge is 0.244 e. The van der Waals surface area contributed by atoms with E-state index in [9.17, 15) is 23.1 Å². The lowest BCUT2D eigenvalue weighted by Gasteiger charge is -2.18. The summed E-state index contributed by atoms with van der Waals surface area (Å²) >= 11 is 0. The van der Waals surface area contributed by atoms with E-state index in [2.05, 4.69) is 5.32 Å². The molecular weight excluding hydrogens is 434 g/mol. The van der Waals surface area contributed by atoms with Gasteiger partial charge in [-0.2, -0.15) is 0 Å². The maximum absolute atomic E-state index is 12.8. The number of carbonyl (C=O) groups excluding carboxylic acids is 1. The summed E-state index contributed by atoms with van der Waals surface area (Å²) in [5.74, 6) is -0.0895. The van der Waals surface area contributed by atoms with E-state index in [0.29, 0.717) is 40.8 Å². The number of amides is 1. The van der Waals surface area contributed by atoms with Gasteiger partial charge in [-0.25, -0.2) is 8.42 Å². The van der Waals surface area contributed by atoms with Crippen molar-refractivity contribution in [2.75, 3.05) is 20.5 Å². The molecule has 8 nitrogen and oxygen atoms in total. The summed E-state index contributed by atoms with van der Waals surface area (Å²) in [5, 5.41) is 13.9. The molecule has 0 saturated carbocycles. The molecule has 1 atom stereocenters. The summed E-state index contributed by atoms with van der Waals surface area (Å²) in [6.45, 7) is 1.71. The van der Waals surface area contributed by atoms with E-state index in [1.54, 1.807) is 19.1 Å². The van der Waals surface area contributed by atoms with Crippen LogP contribution in [0.2, 0.25) is 0 Å². The Kier molecular flexibility index (Phi) is 6.59. The number of carbonyl (C=O) groups is 1. The van der Waals surface area contributed by atoms with Crippen LogP contribution >= 0.6 is 0 Å². The number of ether oxygens (including phenoxy) is 2. The average Bonchev–Trinajstić information content (AvgIpc) is 2.97. The van der Waals surface area contributed by atoms with Gasteiger partial charge >= 0.3 is 0 Å². The average molecular weight is 460 g/mol. The van der Waals surface area contributed by atoms with Gasteiger partial charge in [-0.05, 0) is 60.7 Å². The van der Waals surface area contributed by atoms with Gasteiger partial charge in [0.1, 0.15) is 4.90 Å². The largest absolute Gasteiger partial charge is 0.504 e. The molecule has 9 heteroatoms. The number of rotatable bonds is 5. The highest BCUT2D eigenvalue weighted by Crippen LogP contribution is 2.49. The second-order valence-corrected chi connectivity index (χ2v) is 9.43. The maximum atomic E-state index is 12.8. The minimum absolute atomic E-state index is 0.116. The van der Waals surface area contributed by atoms with Gasteiger partial charge in [0.25, 0.3) is 0 Å². The molecule has 0 spiro atoms. The first-order valence-electron chi connectivity index (χ1n) is 9.91. The number of aromatic hydroxyl groups is 1. The third kappa shape index (κ3) is 4.34. The van der Waals surface area contributed by atoms with Crippen molar-refractivity contribution in [1.82, 2.24) is 5.32 Å². The number of benzene rings is 1. The van der Waals surface area contributed by atoms with E-state index in [0.717, 1.165) is 6.26 Å². The number of phenols is 1. The molecule has 0 radical (unpaired) electrons. The van der Waals surface area contributed by atoms with Crippen LogP contribution in [-0.2, 0) is 21.1 Å². The number of methoxy groups -OCH3 is 2. The number of hydrogen-bond acceptors (Lipinski definition) is 7. The Bertz CT molecular complexity index is 1270. The zero-order chi connectivity index (χ0) is 23.6. The number of allylic oxidation sites excluding steroid dienone is 1. The zero-order valence-electron chi connectivity index (χ0n) is 18.3. The van der Waals surface area contributed by atoms with Gasteiger partial charge in [0, 0.05) is 11.8 Å². The molecule has 32 heavy (non-hydrogen) atoms. The van der Waals surface area contributed by atoms with Crippen LogP contribution in [0.15, 0.2) is 46.1 Å². The van der Waals surface area contributed by atoms with Crippen molar-refractivity contribution in [2.45, 2.75) is 30.7 Å². The van der Waals surface area contributed by atoms with Gasteiger partial charge in [0.15, 0.2) is 26.8 Å². The Morgan fingerprint density at radius 1 is 1.22 bits per heavy atom. The van der Waals surface area contributed by atoms with E-state index in [1.807, 2.05) is 0 Å². The van der Waals surface area contributed by atoms with Gasteiger partial charge in [0.05, 0.1) is 20.3 Å². The number of sulfone groups is 1. The maximum Gasteiger partial charge on any atom is 0.244 e. The number of aryl methyl sites for hydroxylation is 1. The fourth-order valence-corrected chi connectivity index (χ4v) is 4.69. The van der Waals surface area contributed by atoms with Gasteiger partial charge in [-0.1, -0.05) is 12.1 Å². The van der Waals surface area contributed by atoms with E-state index < -0.39 is 21.3 Å². The highest BCUT2D eigenvalue weighted by molar-refractivity contribution is 7.90. The van der Waals surface area contributed by atoms with Crippen LogP contribution in [0, 0.1) is 0 Å². The summed E-state index contributed by atoms with van der Waals surface area (Å²) in [6, 6.07) is 5.07. The second kappa shape index (κ2) is 9.04. The number of phenolic OH excluding ortho intramolecular Hbond substituents is 1. The quantitative estimate of drug-likeness (QED) is 0.660. The van der Waals surface area contributed by atoms with Crippen LogP contribution in [0.4, 0.5) is 0 Å². The van der Waals surface area contributed by atoms with E-state index in [4.69, 9.17) is 9.47 Å². The molecule has 0 heterocycles. The van der Waals surface area contributed by atoms with Crippen LogP contribution in [0.25, 0.3) is 11.1 Å². The molecule has 0 aromatic heterocycles. The molecule has 1 amide bonds. The normalized spacial score (nSPS) is 15.4. The third-order valence-electron chi connectivity index (χ3n) is 5.35. The summed E-state index contributed by atoms with van der Waals surface area (Å²) in [6.07, 6.45) is 4.78. The Balaban J connectivity index is 2.39. The lowest BCUT2D eigenvalue weighted by atomic mass is 9.95. The van der Waals surface area contributed by atoms with Crippen molar-refractivity contribution in [3.8, 4) is 28.4 Å². The van der Waals surface area contributed by atoms with Crippen molar-refractivity contribution in [3.63, 3.8) is 0 Å². The molecule has 2 aromatic rings. The Morgan fingerprint density at radius 2 is 1.94 bits per heavy atom.